The Morgan fingerprint density at radius 1 is 0.906 bits per heavy atom. The predicted molar refractivity (Wildman–Crippen MR) is 118 cm³/mol. The first kappa shape index (κ1) is 22.5. The SMILES string of the molecule is COc1ccc(N=Cc2cc(Cl)c(Oc3ccc([N+](=O)[O-])cc3[N+](=O)[O-])c(OC)c2)cc1. The van der Waals surface area contributed by atoms with E-state index < -0.39 is 21.2 Å². The monoisotopic (exact) mass is 457 g/mol. The first-order chi connectivity index (χ1) is 15.3. The molecule has 0 aromatic heterocycles. The molecule has 10 nitrogen and oxygen atoms in total. The average Bonchev–Trinajstić information content (AvgIpc) is 2.79. The fraction of sp³-hybridized carbons (Fsp3) is 0.0952. The lowest BCUT2D eigenvalue weighted by atomic mass is 10.2. The second-order valence-electron chi connectivity index (χ2n) is 6.26. The number of rotatable bonds is 8. The highest BCUT2D eigenvalue weighted by Crippen LogP contribution is 2.42. The van der Waals surface area contributed by atoms with Gasteiger partial charge in [-0.3, -0.25) is 25.2 Å². The largest absolute Gasteiger partial charge is 0.497 e. The maximum atomic E-state index is 11.4. The Bertz CT molecular complexity index is 1200. The van der Waals surface area contributed by atoms with Crippen LogP contribution in [0.5, 0.6) is 23.0 Å². The molecule has 0 spiro atoms. The van der Waals surface area contributed by atoms with Crippen LogP contribution in [-0.4, -0.2) is 30.3 Å². The van der Waals surface area contributed by atoms with E-state index in [1.54, 1.807) is 49.7 Å². The molecule has 0 unspecified atom stereocenters. The molecule has 0 aliphatic rings. The zero-order valence-electron chi connectivity index (χ0n) is 16.9. The van der Waals surface area contributed by atoms with Gasteiger partial charge >= 0.3 is 5.69 Å². The summed E-state index contributed by atoms with van der Waals surface area (Å²) in [5.74, 6) is 0.699. The molecule has 3 rings (SSSR count). The van der Waals surface area contributed by atoms with Crippen LogP contribution in [0.15, 0.2) is 59.6 Å². The summed E-state index contributed by atoms with van der Waals surface area (Å²) in [6.45, 7) is 0. The fourth-order valence-corrected chi connectivity index (χ4v) is 2.95. The number of ether oxygens (including phenoxy) is 3. The number of non-ortho nitro benzene ring substituents is 1. The number of nitro benzene ring substituents is 2. The van der Waals surface area contributed by atoms with Crippen LogP contribution in [0.2, 0.25) is 5.02 Å². The summed E-state index contributed by atoms with van der Waals surface area (Å²) in [5.41, 5.74) is 0.255. The summed E-state index contributed by atoms with van der Waals surface area (Å²) < 4.78 is 16.0. The van der Waals surface area contributed by atoms with Gasteiger partial charge in [0.2, 0.25) is 5.75 Å². The minimum atomic E-state index is -0.779. The highest BCUT2D eigenvalue weighted by Gasteiger charge is 2.23. The van der Waals surface area contributed by atoms with E-state index in [2.05, 4.69) is 4.99 Å². The van der Waals surface area contributed by atoms with Crippen LogP contribution < -0.4 is 14.2 Å². The molecular formula is C21H16ClN3O7. The molecule has 0 aliphatic heterocycles. The molecule has 0 saturated heterocycles. The molecule has 32 heavy (non-hydrogen) atoms. The van der Waals surface area contributed by atoms with Crippen LogP contribution in [0, 0.1) is 20.2 Å². The highest BCUT2D eigenvalue weighted by molar-refractivity contribution is 6.32. The normalized spacial score (nSPS) is 10.7. The smallest absolute Gasteiger partial charge is 0.318 e. The van der Waals surface area contributed by atoms with Gasteiger partial charge in [-0.15, -0.1) is 0 Å². The number of hydrogen-bond acceptors (Lipinski definition) is 8. The van der Waals surface area contributed by atoms with Crippen LogP contribution in [0.1, 0.15) is 5.56 Å². The van der Waals surface area contributed by atoms with Crippen molar-refractivity contribution in [3.05, 3.63) is 85.4 Å². The quantitative estimate of drug-likeness (QED) is 0.240. The van der Waals surface area contributed by atoms with Gasteiger partial charge in [-0.1, -0.05) is 11.6 Å². The summed E-state index contributed by atoms with van der Waals surface area (Å²) in [7, 11) is 2.95. The van der Waals surface area contributed by atoms with Gasteiger partial charge in [0, 0.05) is 12.3 Å². The van der Waals surface area contributed by atoms with Crippen molar-refractivity contribution in [1.82, 2.24) is 0 Å². The summed E-state index contributed by atoms with van der Waals surface area (Å²) in [6.07, 6.45) is 1.56. The third kappa shape index (κ3) is 5.10. The minimum absolute atomic E-state index is 0.0210. The van der Waals surface area contributed by atoms with Crippen LogP contribution in [-0.2, 0) is 0 Å². The van der Waals surface area contributed by atoms with Gasteiger partial charge in [0.25, 0.3) is 5.69 Å². The van der Waals surface area contributed by atoms with Crippen molar-refractivity contribution in [2.45, 2.75) is 0 Å². The van der Waals surface area contributed by atoms with E-state index >= 15 is 0 Å². The molecule has 0 radical (unpaired) electrons. The number of hydrogen-bond donors (Lipinski definition) is 0. The van der Waals surface area contributed by atoms with E-state index in [1.807, 2.05) is 0 Å². The average molecular weight is 458 g/mol. The van der Waals surface area contributed by atoms with Crippen LogP contribution in [0.3, 0.4) is 0 Å². The van der Waals surface area contributed by atoms with E-state index in [0.717, 1.165) is 18.2 Å². The molecular weight excluding hydrogens is 442 g/mol. The third-order valence-electron chi connectivity index (χ3n) is 4.25. The lowest BCUT2D eigenvalue weighted by Gasteiger charge is -2.13. The Morgan fingerprint density at radius 2 is 1.62 bits per heavy atom. The van der Waals surface area contributed by atoms with Crippen molar-refractivity contribution in [2.75, 3.05) is 14.2 Å². The molecule has 0 heterocycles. The maximum absolute atomic E-state index is 11.4. The van der Waals surface area contributed by atoms with Gasteiger partial charge in [0.15, 0.2) is 11.5 Å². The molecule has 0 fully saturated rings. The van der Waals surface area contributed by atoms with Crippen molar-refractivity contribution in [3.63, 3.8) is 0 Å². The van der Waals surface area contributed by atoms with E-state index in [1.165, 1.54) is 7.11 Å². The number of benzene rings is 3. The number of nitro groups is 2. The zero-order chi connectivity index (χ0) is 23.3. The van der Waals surface area contributed by atoms with Crippen LogP contribution in [0.4, 0.5) is 17.1 Å². The van der Waals surface area contributed by atoms with Crippen molar-refractivity contribution in [2.24, 2.45) is 4.99 Å². The number of aliphatic imine (C=N–C) groups is 1. The predicted octanol–water partition coefficient (Wildman–Crippen LogP) is 5.72. The Hall–Kier alpha value is -4.18. The van der Waals surface area contributed by atoms with Crippen LogP contribution >= 0.6 is 11.6 Å². The molecule has 0 amide bonds. The lowest BCUT2D eigenvalue weighted by molar-refractivity contribution is -0.394. The molecule has 0 bridgehead atoms. The number of nitrogens with zero attached hydrogens (tertiary/aromatic N) is 3. The second-order valence-corrected chi connectivity index (χ2v) is 6.67. The molecule has 0 atom stereocenters. The second kappa shape index (κ2) is 9.75. The molecule has 11 heteroatoms. The van der Waals surface area contributed by atoms with Gasteiger partial charge in [-0.05, 0) is 48.0 Å². The van der Waals surface area contributed by atoms with E-state index in [4.69, 9.17) is 25.8 Å². The van der Waals surface area contributed by atoms with Crippen molar-refractivity contribution in [1.29, 1.82) is 0 Å². The Labute approximate surface area is 186 Å². The third-order valence-corrected chi connectivity index (χ3v) is 4.53. The maximum Gasteiger partial charge on any atom is 0.318 e. The van der Waals surface area contributed by atoms with Crippen LogP contribution in [0.25, 0.3) is 0 Å². The van der Waals surface area contributed by atoms with E-state index in [0.29, 0.717) is 17.0 Å². The Kier molecular flexibility index (Phi) is 6.86. The molecule has 0 saturated carbocycles. The zero-order valence-corrected chi connectivity index (χ0v) is 17.6. The Morgan fingerprint density at radius 3 is 2.22 bits per heavy atom. The highest BCUT2D eigenvalue weighted by atomic mass is 35.5. The van der Waals surface area contributed by atoms with Gasteiger partial charge < -0.3 is 14.2 Å². The van der Waals surface area contributed by atoms with Crippen molar-refractivity contribution < 1.29 is 24.1 Å². The molecule has 0 N–H and O–H groups in total. The lowest BCUT2D eigenvalue weighted by Crippen LogP contribution is -1.98. The molecule has 3 aromatic carbocycles. The minimum Gasteiger partial charge on any atom is -0.497 e. The molecule has 0 aliphatic carbocycles. The molecule has 3 aromatic rings. The fourth-order valence-electron chi connectivity index (χ4n) is 2.69. The summed E-state index contributed by atoms with van der Waals surface area (Å²) in [4.78, 5) is 25.1. The van der Waals surface area contributed by atoms with Gasteiger partial charge in [0.1, 0.15) is 5.75 Å². The van der Waals surface area contributed by atoms with E-state index in [-0.39, 0.29) is 22.3 Å². The van der Waals surface area contributed by atoms with E-state index in [9.17, 15) is 20.2 Å². The van der Waals surface area contributed by atoms with Gasteiger partial charge in [-0.2, -0.15) is 0 Å². The first-order valence-corrected chi connectivity index (χ1v) is 9.36. The number of methoxy groups -OCH3 is 2. The van der Waals surface area contributed by atoms with Gasteiger partial charge in [-0.25, -0.2) is 0 Å². The summed E-state index contributed by atoms with van der Waals surface area (Å²) >= 11 is 6.34. The Balaban J connectivity index is 1.92. The topological polar surface area (TPSA) is 126 Å². The van der Waals surface area contributed by atoms with Gasteiger partial charge in [0.05, 0.1) is 40.8 Å². The first-order valence-electron chi connectivity index (χ1n) is 8.98. The standard InChI is InChI=1S/C21H16ClN3O7/c1-30-16-6-3-14(4-7-16)23-12-13-9-17(22)21(20(10-13)31-2)32-19-8-5-15(24(26)27)11-18(19)25(28)29/h3-12H,1-2H3. The summed E-state index contributed by atoms with van der Waals surface area (Å²) in [6, 6.07) is 13.3. The van der Waals surface area contributed by atoms with Crippen molar-refractivity contribution >= 4 is 34.9 Å². The van der Waals surface area contributed by atoms with Crippen molar-refractivity contribution in [3.8, 4) is 23.0 Å². The molecule has 164 valence electrons. The summed E-state index contributed by atoms with van der Waals surface area (Å²) in [5, 5.41) is 22.4. The number of halogens is 1.